The number of likely N-dealkylation sites (tertiary alicyclic amines) is 1. The number of nitrogen functional groups attached to an aromatic ring is 1. The topological polar surface area (TPSA) is 68.2 Å². The van der Waals surface area contributed by atoms with Gasteiger partial charge < -0.3 is 11.5 Å². The van der Waals surface area contributed by atoms with Gasteiger partial charge in [-0.2, -0.15) is 0 Å². The first-order valence-corrected chi connectivity index (χ1v) is 7.44. The molecule has 1 aromatic heterocycles. The molecule has 4 nitrogen and oxygen atoms in total. The molecule has 104 valence electrons. The average Bonchev–Trinajstić information content (AvgIpc) is 3.10. The Hall–Kier alpha value is -1.13. The van der Waals surface area contributed by atoms with Crippen molar-refractivity contribution in [3.8, 4) is 0 Å². The van der Waals surface area contributed by atoms with E-state index in [2.05, 4.69) is 9.88 Å². The molecule has 1 atom stereocenters. The zero-order chi connectivity index (χ0) is 13.3. The zero-order valence-electron chi connectivity index (χ0n) is 11.5. The van der Waals surface area contributed by atoms with Crippen LogP contribution in [0.1, 0.15) is 50.1 Å². The lowest BCUT2D eigenvalue weighted by atomic mass is 9.82. The first-order chi connectivity index (χ1) is 9.24. The Kier molecular flexibility index (Phi) is 3.46. The van der Waals surface area contributed by atoms with Crippen molar-refractivity contribution in [1.29, 1.82) is 0 Å². The summed E-state index contributed by atoms with van der Waals surface area (Å²) in [6.45, 7) is 2.38. The summed E-state index contributed by atoms with van der Waals surface area (Å²) in [7, 11) is 0. The standard InChI is InChI=1S/C15H24N4/c16-13-5-8-18-11-12(13)14(17)15(6-1-2-7-15)19-9-3-4-10-19/h5,8,11,14H,1-4,6-7,9-10,17H2,(H2,16,18). The number of rotatable bonds is 3. The second-order valence-corrected chi connectivity index (χ2v) is 5.99. The fraction of sp³-hybridized carbons (Fsp3) is 0.667. The Morgan fingerprint density at radius 1 is 1.16 bits per heavy atom. The van der Waals surface area contributed by atoms with Crippen LogP contribution in [0.5, 0.6) is 0 Å². The van der Waals surface area contributed by atoms with Crippen molar-refractivity contribution in [2.45, 2.75) is 50.1 Å². The van der Waals surface area contributed by atoms with Crippen LogP contribution in [0.4, 0.5) is 5.69 Å². The molecule has 1 aliphatic carbocycles. The van der Waals surface area contributed by atoms with Gasteiger partial charge in [-0.3, -0.25) is 9.88 Å². The van der Waals surface area contributed by atoms with Gasteiger partial charge in [0.25, 0.3) is 0 Å². The summed E-state index contributed by atoms with van der Waals surface area (Å²) in [4.78, 5) is 6.84. The highest BCUT2D eigenvalue weighted by Crippen LogP contribution is 2.45. The minimum Gasteiger partial charge on any atom is -0.398 e. The van der Waals surface area contributed by atoms with Gasteiger partial charge in [0.05, 0.1) is 6.04 Å². The van der Waals surface area contributed by atoms with Crippen LogP contribution in [0, 0.1) is 0 Å². The van der Waals surface area contributed by atoms with E-state index in [0.29, 0.717) is 0 Å². The van der Waals surface area contributed by atoms with Crippen molar-refractivity contribution in [3.63, 3.8) is 0 Å². The van der Waals surface area contributed by atoms with Crippen LogP contribution >= 0.6 is 0 Å². The van der Waals surface area contributed by atoms with Crippen LogP contribution in [0.3, 0.4) is 0 Å². The first-order valence-electron chi connectivity index (χ1n) is 7.44. The van der Waals surface area contributed by atoms with Crippen LogP contribution in [0.25, 0.3) is 0 Å². The summed E-state index contributed by atoms with van der Waals surface area (Å²) in [5.74, 6) is 0. The number of nitrogens with two attached hydrogens (primary N) is 2. The lowest BCUT2D eigenvalue weighted by molar-refractivity contribution is 0.0923. The van der Waals surface area contributed by atoms with Gasteiger partial charge in [-0.25, -0.2) is 0 Å². The lowest BCUT2D eigenvalue weighted by Crippen LogP contribution is -2.52. The number of hydrogen-bond acceptors (Lipinski definition) is 4. The highest BCUT2D eigenvalue weighted by Gasteiger charge is 2.46. The molecule has 1 saturated carbocycles. The van der Waals surface area contributed by atoms with Gasteiger partial charge in [-0.15, -0.1) is 0 Å². The molecule has 3 rings (SSSR count). The smallest absolute Gasteiger partial charge is 0.0518 e. The third-order valence-corrected chi connectivity index (χ3v) is 5.01. The summed E-state index contributed by atoms with van der Waals surface area (Å²) in [5, 5.41) is 0. The molecule has 0 bridgehead atoms. The normalized spacial score (nSPS) is 24.7. The van der Waals surface area contributed by atoms with Crippen LogP contribution in [0.15, 0.2) is 18.5 Å². The molecule has 0 aromatic carbocycles. The Morgan fingerprint density at radius 3 is 2.47 bits per heavy atom. The number of aromatic nitrogens is 1. The summed E-state index contributed by atoms with van der Waals surface area (Å²) >= 11 is 0. The highest BCUT2D eigenvalue weighted by atomic mass is 15.2. The fourth-order valence-electron chi connectivity index (χ4n) is 3.94. The molecular weight excluding hydrogens is 236 g/mol. The molecule has 19 heavy (non-hydrogen) atoms. The second-order valence-electron chi connectivity index (χ2n) is 5.99. The van der Waals surface area contributed by atoms with Crippen LogP contribution in [-0.4, -0.2) is 28.5 Å². The second kappa shape index (κ2) is 5.10. The van der Waals surface area contributed by atoms with Crippen molar-refractivity contribution in [2.24, 2.45) is 5.73 Å². The van der Waals surface area contributed by atoms with Crippen molar-refractivity contribution >= 4 is 5.69 Å². The van der Waals surface area contributed by atoms with Crippen molar-refractivity contribution in [2.75, 3.05) is 18.8 Å². The Morgan fingerprint density at radius 2 is 1.84 bits per heavy atom. The SMILES string of the molecule is Nc1ccncc1C(N)C1(N2CCCC2)CCCC1. The minimum atomic E-state index is -0.0122. The molecule has 1 unspecified atom stereocenters. The number of anilines is 1. The molecule has 2 fully saturated rings. The Labute approximate surface area is 115 Å². The summed E-state index contributed by atoms with van der Waals surface area (Å²) in [6.07, 6.45) is 11.2. The number of nitrogens with zero attached hydrogens (tertiary/aromatic N) is 2. The summed E-state index contributed by atoms with van der Waals surface area (Å²) in [6, 6.07) is 1.85. The van der Waals surface area contributed by atoms with Gasteiger partial charge in [0.15, 0.2) is 0 Å². The van der Waals surface area contributed by atoms with E-state index in [9.17, 15) is 0 Å². The van der Waals surface area contributed by atoms with Crippen molar-refractivity contribution in [3.05, 3.63) is 24.0 Å². The maximum Gasteiger partial charge on any atom is 0.0518 e. The largest absolute Gasteiger partial charge is 0.398 e. The molecule has 4 N–H and O–H groups in total. The molecule has 2 aliphatic rings. The minimum absolute atomic E-state index is 0.0122. The first kappa shape index (κ1) is 12.9. The van der Waals surface area contributed by atoms with E-state index >= 15 is 0 Å². The maximum absolute atomic E-state index is 6.65. The highest BCUT2D eigenvalue weighted by molar-refractivity contribution is 5.47. The lowest BCUT2D eigenvalue weighted by Gasteiger charge is -2.43. The van der Waals surface area contributed by atoms with E-state index in [1.807, 2.05) is 12.3 Å². The van der Waals surface area contributed by atoms with Crippen LogP contribution < -0.4 is 11.5 Å². The fourth-order valence-corrected chi connectivity index (χ4v) is 3.94. The quantitative estimate of drug-likeness (QED) is 0.873. The zero-order valence-corrected chi connectivity index (χ0v) is 11.5. The monoisotopic (exact) mass is 260 g/mol. The van der Waals surface area contributed by atoms with Crippen molar-refractivity contribution < 1.29 is 0 Å². The van der Waals surface area contributed by atoms with E-state index in [0.717, 1.165) is 11.3 Å². The van der Waals surface area contributed by atoms with Crippen molar-refractivity contribution in [1.82, 2.24) is 9.88 Å². The third-order valence-electron chi connectivity index (χ3n) is 5.01. The molecular formula is C15H24N4. The molecule has 4 heteroatoms. The van der Waals surface area contributed by atoms with Gasteiger partial charge in [0.2, 0.25) is 0 Å². The van der Waals surface area contributed by atoms with Gasteiger partial charge in [-0.05, 0) is 44.8 Å². The predicted molar refractivity (Wildman–Crippen MR) is 77.6 cm³/mol. The molecule has 0 amide bonds. The molecule has 1 saturated heterocycles. The average molecular weight is 260 g/mol. The van der Waals surface area contributed by atoms with Gasteiger partial charge in [0, 0.05) is 29.2 Å². The Balaban J connectivity index is 1.94. The summed E-state index contributed by atoms with van der Waals surface area (Å²) in [5.41, 5.74) is 14.7. The maximum atomic E-state index is 6.65. The predicted octanol–water partition coefficient (Wildman–Crippen LogP) is 2.07. The number of pyridine rings is 1. The molecule has 1 aliphatic heterocycles. The van der Waals surface area contributed by atoms with E-state index in [1.54, 1.807) is 6.20 Å². The van der Waals surface area contributed by atoms with Gasteiger partial charge in [0.1, 0.15) is 0 Å². The van der Waals surface area contributed by atoms with E-state index in [1.165, 1.54) is 51.6 Å². The molecule has 0 spiro atoms. The van der Waals surface area contributed by atoms with Crippen LogP contribution in [-0.2, 0) is 0 Å². The number of hydrogen-bond donors (Lipinski definition) is 2. The molecule has 1 aromatic rings. The summed E-state index contributed by atoms with van der Waals surface area (Å²) < 4.78 is 0. The third kappa shape index (κ3) is 2.13. The van der Waals surface area contributed by atoms with Gasteiger partial charge >= 0.3 is 0 Å². The van der Waals surface area contributed by atoms with Gasteiger partial charge in [-0.1, -0.05) is 12.8 Å². The van der Waals surface area contributed by atoms with E-state index in [4.69, 9.17) is 11.5 Å². The van der Waals surface area contributed by atoms with E-state index in [-0.39, 0.29) is 11.6 Å². The molecule has 0 radical (unpaired) electrons. The van der Waals surface area contributed by atoms with Crippen LogP contribution in [0.2, 0.25) is 0 Å². The van der Waals surface area contributed by atoms with E-state index < -0.39 is 0 Å². The Bertz CT molecular complexity index is 434. The molecule has 2 heterocycles.